The van der Waals surface area contributed by atoms with Crippen molar-refractivity contribution in [2.24, 2.45) is 0 Å². The van der Waals surface area contributed by atoms with Crippen LogP contribution < -0.4 is 30.5 Å². The molecule has 19 heavy (non-hydrogen) atoms. The van der Waals surface area contributed by atoms with Gasteiger partial charge in [0.25, 0.3) is 0 Å². The van der Waals surface area contributed by atoms with Crippen molar-refractivity contribution in [2.75, 3.05) is 22.9 Å². The number of hydrogen-bond acceptors (Lipinski definition) is 6. The van der Waals surface area contributed by atoms with Crippen molar-refractivity contribution in [3.63, 3.8) is 0 Å². The van der Waals surface area contributed by atoms with Crippen LogP contribution >= 0.6 is 0 Å². The Kier molecular flexibility index (Phi) is 3.90. The second kappa shape index (κ2) is 5.61. The lowest BCUT2D eigenvalue weighted by molar-refractivity contribution is 0.459. The molecule has 0 saturated heterocycles. The lowest BCUT2D eigenvalue weighted by Crippen LogP contribution is -2.11. The van der Waals surface area contributed by atoms with E-state index < -0.39 is 15.9 Å². The highest BCUT2D eigenvalue weighted by molar-refractivity contribution is 6.20. The van der Waals surface area contributed by atoms with Gasteiger partial charge in [-0.1, -0.05) is 0 Å². The van der Waals surface area contributed by atoms with Crippen LogP contribution in [0.4, 0.5) is 22.7 Å². The fourth-order valence-electron chi connectivity index (χ4n) is 1.45. The molecule has 0 aliphatic rings. The summed E-state index contributed by atoms with van der Waals surface area (Å²) < 4.78 is 11.0. The first-order valence-corrected chi connectivity index (χ1v) is 6.77. The molecule has 0 spiro atoms. The van der Waals surface area contributed by atoms with Crippen LogP contribution in [0.5, 0.6) is 11.5 Å². The van der Waals surface area contributed by atoms with Crippen LogP contribution in [-0.4, -0.2) is 15.9 Å². The van der Waals surface area contributed by atoms with Gasteiger partial charge >= 0.3 is 15.9 Å². The van der Waals surface area contributed by atoms with Gasteiger partial charge in [-0.05, 0) is 24.3 Å². The van der Waals surface area contributed by atoms with Crippen LogP contribution in [0.3, 0.4) is 0 Å². The Morgan fingerprint density at radius 1 is 0.632 bits per heavy atom. The van der Waals surface area contributed by atoms with Crippen LogP contribution in [0.2, 0.25) is 0 Å². The van der Waals surface area contributed by atoms with Crippen LogP contribution in [0.15, 0.2) is 36.4 Å². The summed E-state index contributed by atoms with van der Waals surface area (Å²) >= 11 is -1.23. The molecule has 0 radical (unpaired) electrons. The smallest absolute Gasteiger partial charge is 0.614 e. The van der Waals surface area contributed by atoms with E-state index in [4.69, 9.17) is 30.5 Å². The third-order valence-electron chi connectivity index (χ3n) is 2.57. The highest BCUT2D eigenvalue weighted by Gasteiger charge is 2.06. The van der Waals surface area contributed by atoms with Gasteiger partial charge in [0, 0.05) is 12.1 Å². The lowest BCUT2D eigenvalue weighted by atomic mass is 10.2. The molecule has 0 unspecified atom stereocenters. The minimum Gasteiger partial charge on any atom is -0.614 e. The van der Waals surface area contributed by atoms with Crippen LogP contribution in [0, 0.1) is 0 Å². The number of benzene rings is 2. The zero-order valence-corrected chi connectivity index (χ0v) is 11.7. The average Bonchev–Trinajstić information content (AvgIpc) is 2.38. The second-order valence-electron chi connectivity index (χ2n) is 3.99. The van der Waals surface area contributed by atoms with Gasteiger partial charge in [-0.15, -0.1) is 0 Å². The summed E-state index contributed by atoms with van der Waals surface area (Å²) in [7, 11) is 0. The van der Waals surface area contributed by atoms with Gasteiger partial charge in [-0.3, -0.25) is 0 Å². The Morgan fingerprint density at radius 3 is 1.42 bits per heavy atom. The molecule has 6 nitrogen and oxygen atoms in total. The molecule has 0 saturated carbocycles. The van der Waals surface area contributed by atoms with Crippen molar-refractivity contribution in [1.82, 2.24) is 0 Å². The van der Waals surface area contributed by atoms with Gasteiger partial charge < -0.3 is 30.5 Å². The van der Waals surface area contributed by atoms with Crippen molar-refractivity contribution < 1.29 is 7.58 Å². The summed E-state index contributed by atoms with van der Waals surface area (Å²) in [5, 5.41) is 0. The van der Waals surface area contributed by atoms with E-state index in [0.717, 1.165) is 0 Å². The second-order valence-corrected chi connectivity index (χ2v) is 4.80. The van der Waals surface area contributed by atoms with Gasteiger partial charge in [0.05, 0.1) is 34.2 Å². The summed E-state index contributed by atoms with van der Waals surface area (Å²) in [5.74, 6) is 1.28. The van der Waals surface area contributed by atoms with Crippen molar-refractivity contribution in [3.8, 4) is 11.5 Å². The van der Waals surface area contributed by atoms with Crippen molar-refractivity contribution in [2.45, 2.75) is 0 Å². The molecule has 0 aliphatic carbocycles. The molecule has 2 rings (SSSR count). The predicted octanol–water partition coefficient (Wildman–Crippen LogP) is 0.740. The Morgan fingerprint density at radius 2 is 1.05 bits per heavy atom. The van der Waals surface area contributed by atoms with E-state index in [1.165, 1.54) is 0 Å². The molecule has 8 N–H and O–H groups in total. The number of anilines is 4. The number of nitrogens with two attached hydrogens (primary N) is 4. The molecule has 0 aliphatic heterocycles. The Labute approximate surface area is 117 Å². The molecule has 2 aromatic rings. The van der Waals surface area contributed by atoms with Crippen molar-refractivity contribution in [3.05, 3.63) is 36.4 Å². The molecule has 0 amide bonds. The number of rotatable bonds is 4. The fraction of sp³-hybridized carbons (Fsp3) is 0. The molecule has 0 heterocycles. The van der Waals surface area contributed by atoms with Gasteiger partial charge in [-0.25, -0.2) is 0 Å². The first-order chi connectivity index (χ1) is 9.06. The molecule has 0 atom stereocenters. The molecule has 98 valence electrons. The minimum atomic E-state index is -1.23. The van der Waals surface area contributed by atoms with E-state index in [1.807, 2.05) is 0 Å². The third-order valence-corrected chi connectivity index (χ3v) is 3.47. The van der Waals surface area contributed by atoms with Crippen molar-refractivity contribution >= 4 is 38.6 Å². The first-order valence-electron chi connectivity index (χ1n) is 5.62. The summed E-state index contributed by atoms with van der Waals surface area (Å²) in [6, 6.07) is 10.2. The molecular weight excluding hydrogens is 259 g/mol. The SMILES string of the molecule is Nc1ccc([O][AlH][O]c2ccc(N)c(N)c2)cc1N. The maximum Gasteiger partial charge on any atom is 0.832 e. The maximum absolute atomic E-state index is 5.68. The molecule has 7 heteroatoms. The number of hydrogen-bond donors (Lipinski definition) is 4. The largest absolute Gasteiger partial charge is 0.832 e. The monoisotopic (exact) mass is 274 g/mol. The van der Waals surface area contributed by atoms with Crippen molar-refractivity contribution in [1.29, 1.82) is 0 Å². The Balaban J connectivity index is 1.92. The van der Waals surface area contributed by atoms with E-state index in [-0.39, 0.29) is 0 Å². The molecule has 2 aromatic carbocycles. The highest BCUT2D eigenvalue weighted by Crippen LogP contribution is 2.23. The van der Waals surface area contributed by atoms with E-state index in [0.29, 0.717) is 34.2 Å². The summed E-state index contributed by atoms with van der Waals surface area (Å²) in [4.78, 5) is 0. The van der Waals surface area contributed by atoms with E-state index in [9.17, 15) is 0 Å². The molecule has 0 fully saturated rings. The Bertz CT molecular complexity index is 540. The van der Waals surface area contributed by atoms with Crippen LogP contribution in [0.1, 0.15) is 0 Å². The standard InChI is InChI=1S/2C6H8N2O.Al.H/c2*7-5-2-1-4(9)3-6(5)8;;/h2*1-3,9H,7-8H2;;/q;;+2;/p-2. The topological polar surface area (TPSA) is 123 Å². The quantitative estimate of drug-likeness (QED) is 0.481. The van der Waals surface area contributed by atoms with Gasteiger partial charge in [0.15, 0.2) is 0 Å². The lowest BCUT2D eigenvalue weighted by Gasteiger charge is -2.11. The summed E-state index contributed by atoms with van der Waals surface area (Å²) in [5.41, 5.74) is 24.6. The summed E-state index contributed by atoms with van der Waals surface area (Å²) in [6.07, 6.45) is 0. The highest BCUT2D eigenvalue weighted by atomic mass is 27.2. The van der Waals surface area contributed by atoms with Crippen LogP contribution in [0.25, 0.3) is 0 Å². The predicted molar refractivity (Wildman–Crippen MR) is 78.9 cm³/mol. The summed E-state index contributed by atoms with van der Waals surface area (Å²) in [6.45, 7) is 0. The molecule has 0 aromatic heterocycles. The first kappa shape index (κ1) is 13.2. The van der Waals surface area contributed by atoms with E-state index in [2.05, 4.69) is 0 Å². The van der Waals surface area contributed by atoms with Gasteiger partial charge in [0.2, 0.25) is 0 Å². The fourth-order valence-corrected chi connectivity index (χ4v) is 2.14. The normalized spacial score (nSPS) is 9.89. The van der Waals surface area contributed by atoms with Crippen LogP contribution in [-0.2, 0) is 0 Å². The molecule has 0 bridgehead atoms. The zero-order chi connectivity index (χ0) is 13.8. The van der Waals surface area contributed by atoms with Gasteiger partial charge in [0.1, 0.15) is 0 Å². The minimum absolute atomic E-state index is 0.489. The third kappa shape index (κ3) is 3.38. The Hall–Kier alpha value is -2.23. The van der Waals surface area contributed by atoms with Gasteiger partial charge in [-0.2, -0.15) is 0 Å². The average molecular weight is 274 g/mol. The molecular formula is C12H15AlN4O2. The number of nitrogen functional groups attached to an aromatic ring is 4. The maximum atomic E-state index is 5.68. The van der Waals surface area contributed by atoms with E-state index >= 15 is 0 Å². The van der Waals surface area contributed by atoms with E-state index in [1.54, 1.807) is 36.4 Å². The zero-order valence-electron chi connectivity index (χ0n) is 10.3.